The Bertz CT molecular complexity index is 382. The van der Waals surface area contributed by atoms with E-state index in [0.717, 1.165) is 12.1 Å². The predicted octanol–water partition coefficient (Wildman–Crippen LogP) is 3.45. The summed E-state index contributed by atoms with van der Waals surface area (Å²) >= 11 is 5.93. The lowest BCUT2D eigenvalue weighted by Gasteiger charge is -2.27. The van der Waals surface area contributed by atoms with Gasteiger partial charge in [-0.2, -0.15) is 5.26 Å². The van der Waals surface area contributed by atoms with Gasteiger partial charge in [0, 0.05) is 18.1 Å². The quantitative estimate of drug-likeness (QED) is 0.784. The summed E-state index contributed by atoms with van der Waals surface area (Å²) < 4.78 is 0. The number of anilines is 1. The molecule has 0 radical (unpaired) electrons. The summed E-state index contributed by atoms with van der Waals surface area (Å²) in [5.74, 6) is 0. The zero-order chi connectivity index (χ0) is 11.4. The molecule has 80 valence electrons. The fourth-order valence-corrected chi connectivity index (χ4v) is 1.57. The van der Waals surface area contributed by atoms with Gasteiger partial charge >= 0.3 is 0 Å². The molecule has 0 bridgehead atoms. The minimum Gasteiger partial charge on any atom is -0.371 e. The van der Waals surface area contributed by atoms with Crippen LogP contribution in [0, 0.1) is 11.3 Å². The number of hydrogen-bond acceptors (Lipinski definition) is 2. The summed E-state index contributed by atoms with van der Waals surface area (Å²) in [7, 11) is 1.99. The highest BCUT2D eigenvalue weighted by Gasteiger charge is 2.12. The first-order valence-electron chi connectivity index (χ1n) is 5.02. The van der Waals surface area contributed by atoms with Crippen LogP contribution in [0.3, 0.4) is 0 Å². The summed E-state index contributed by atoms with van der Waals surface area (Å²) in [6.45, 7) is 4.25. The lowest BCUT2D eigenvalue weighted by molar-refractivity contribution is 0.663. The molecule has 1 unspecified atom stereocenters. The molecule has 1 aromatic rings. The largest absolute Gasteiger partial charge is 0.371 e. The molecule has 0 heterocycles. The van der Waals surface area contributed by atoms with Gasteiger partial charge < -0.3 is 4.90 Å². The molecule has 0 N–H and O–H groups in total. The zero-order valence-electron chi connectivity index (χ0n) is 9.29. The topological polar surface area (TPSA) is 27.0 Å². The minimum atomic E-state index is 0.399. The van der Waals surface area contributed by atoms with E-state index in [1.807, 2.05) is 13.1 Å². The molecule has 1 rings (SSSR count). The standard InChI is InChI=1S/C12H15ClN2/c1-4-9(2)15(3)12-7-11(13)6-5-10(12)8-14/h5-7,9H,4H2,1-3H3. The van der Waals surface area contributed by atoms with Gasteiger partial charge in [0.25, 0.3) is 0 Å². The molecular weight excluding hydrogens is 208 g/mol. The lowest BCUT2D eigenvalue weighted by atomic mass is 10.1. The maximum atomic E-state index is 8.99. The Morgan fingerprint density at radius 3 is 2.73 bits per heavy atom. The van der Waals surface area contributed by atoms with Gasteiger partial charge in [-0.15, -0.1) is 0 Å². The van der Waals surface area contributed by atoms with Gasteiger partial charge in [0.1, 0.15) is 6.07 Å². The number of halogens is 1. The Morgan fingerprint density at radius 2 is 2.20 bits per heavy atom. The first-order valence-corrected chi connectivity index (χ1v) is 5.40. The van der Waals surface area contributed by atoms with Crippen LogP contribution < -0.4 is 4.90 Å². The average Bonchev–Trinajstić information content (AvgIpc) is 2.27. The Balaban J connectivity index is 3.12. The minimum absolute atomic E-state index is 0.399. The molecule has 3 heteroatoms. The van der Waals surface area contributed by atoms with Crippen molar-refractivity contribution >= 4 is 17.3 Å². The fraction of sp³-hybridized carbons (Fsp3) is 0.417. The van der Waals surface area contributed by atoms with E-state index in [4.69, 9.17) is 16.9 Å². The van der Waals surface area contributed by atoms with Crippen LogP contribution in [0.1, 0.15) is 25.8 Å². The maximum absolute atomic E-state index is 8.99. The van der Waals surface area contributed by atoms with Crippen LogP contribution in [-0.2, 0) is 0 Å². The third kappa shape index (κ3) is 2.64. The van der Waals surface area contributed by atoms with E-state index in [1.165, 1.54) is 0 Å². The molecule has 0 fully saturated rings. The van der Waals surface area contributed by atoms with Crippen LogP contribution >= 0.6 is 11.6 Å². The predicted molar refractivity (Wildman–Crippen MR) is 64.3 cm³/mol. The van der Waals surface area contributed by atoms with Gasteiger partial charge in [-0.3, -0.25) is 0 Å². The van der Waals surface area contributed by atoms with Crippen molar-refractivity contribution in [1.29, 1.82) is 5.26 Å². The van der Waals surface area contributed by atoms with Crippen LogP contribution in [0.15, 0.2) is 18.2 Å². The van der Waals surface area contributed by atoms with Crippen LogP contribution in [0.4, 0.5) is 5.69 Å². The van der Waals surface area contributed by atoms with Crippen LogP contribution in [0.25, 0.3) is 0 Å². The summed E-state index contributed by atoms with van der Waals surface area (Å²) in [6.07, 6.45) is 1.04. The van der Waals surface area contributed by atoms with Gasteiger partial charge in [-0.05, 0) is 31.5 Å². The Morgan fingerprint density at radius 1 is 1.53 bits per heavy atom. The molecule has 0 aliphatic heterocycles. The molecule has 0 amide bonds. The van der Waals surface area contributed by atoms with Crippen molar-refractivity contribution < 1.29 is 0 Å². The van der Waals surface area contributed by atoms with Gasteiger partial charge in [0.15, 0.2) is 0 Å². The number of hydrogen-bond donors (Lipinski definition) is 0. The molecule has 0 spiro atoms. The van der Waals surface area contributed by atoms with Crippen molar-refractivity contribution in [3.05, 3.63) is 28.8 Å². The van der Waals surface area contributed by atoms with Crippen LogP contribution in [-0.4, -0.2) is 13.1 Å². The highest BCUT2D eigenvalue weighted by molar-refractivity contribution is 6.30. The van der Waals surface area contributed by atoms with E-state index in [-0.39, 0.29) is 0 Å². The smallest absolute Gasteiger partial charge is 0.101 e. The second-order valence-corrected chi connectivity index (χ2v) is 4.08. The maximum Gasteiger partial charge on any atom is 0.101 e. The third-order valence-electron chi connectivity index (χ3n) is 2.71. The normalized spacial score (nSPS) is 11.9. The second-order valence-electron chi connectivity index (χ2n) is 3.64. The molecule has 0 aromatic heterocycles. The van der Waals surface area contributed by atoms with E-state index in [2.05, 4.69) is 24.8 Å². The Kier molecular flexibility index (Phi) is 3.99. The van der Waals surface area contributed by atoms with E-state index in [0.29, 0.717) is 16.6 Å². The number of rotatable bonds is 3. The molecule has 0 saturated heterocycles. The molecule has 0 aliphatic carbocycles. The van der Waals surface area contributed by atoms with Gasteiger partial charge in [0.2, 0.25) is 0 Å². The van der Waals surface area contributed by atoms with E-state index in [1.54, 1.807) is 12.1 Å². The van der Waals surface area contributed by atoms with Gasteiger partial charge in [-0.1, -0.05) is 18.5 Å². The van der Waals surface area contributed by atoms with Crippen LogP contribution in [0.5, 0.6) is 0 Å². The van der Waals surface area contributed by atoms with Crippen molar-refractivity contribution in [3.8, 4) is 6.07 Å². The number of nitriles is 1. The second kappa shape index (κ2) is 5.04. The summed E-state index contributed by atoms with van der Waals surface area (Å²) in [4.78, 5) is 2.09. The van der Waals surface area contributed by atoms with Crippen molar-refractivity contribution in [2.24, 2.45) is 0 Å². The number of nitrogens with zero attached hydrogens (tertiary/aromatic N) is 2. The van der Waals surface area contributed by atoms with Crippen molar-refractivity contribution in [2.45, 2.75) is 26.3 Å². The Labute approximate surface area is 96.1 Å². The van der Waals surface area contributed by atoms with E-state index in [9.17, 15) is 0 Å². The molecule has 2 nitrogen and oxygen atoms in total. The summed E-state index contributed by atoms with van der Waals surface area (Å²) in [5, 5.41) is 9.66. The number of benzene rings is 1. The highest BCUT2D eigenvalue weighted by Crippen LogP contribution is 2.25. The SMILES string of the molecule is CCC(C)N(C)c1cc(Cl)ccc1C#N. The monoisotopic (exact) mass is 222 g/mol. The molecule has 1 atom stereocenters. The summed E-state index contributed by atoms with van der Waals surface area (Å²) in [6, 6.07) is 7.93. The fourth-order valence-electron chi connectivity index (χ4n) is 1.40. The van der Waals surface area contributed by atoms with Gasteiger partial charge in [0.05, 0.1) is 11.3 Å². The molecule has 0 aliphatic rings. The van der Waals surface area contributed by atoms with Crippen molar-refractivity contribution in [2.75, 3.05) is 11.9 Å². The van der Waals surface area contributed by atoms with E-state index >= 15 is 0 Å². The van der Waals surface area contributed by atoms with Gasteiger partial charge in [-0.25, -0.2) is 0 Å². The first-order chi connectivity index (χ1) is 7.10. The molecule has 0 saturated carbocycles. The zero-order valence-corrected chi connectivity index (χ0v) is 10.0. The van der Waals surface area contributed by atoms with Crippen LogP contribution in [0.2, 0.25) is 5.02 Å². The van der Waals surface area contributed by atoms with E-state index < -0.39 is 0 Å². The lowest BCUT2D eigenvalue weighted by Crippen LogP contribution is -2.28. The average molecular weight is 223 g/mol. The third-order valence-corrected chi connectivity index (χ3v) is 2.95. The summed E-state index contributed by atoms with van der Waals surface area (Å²) in [5.41, 5.74) is 1.57. The molecular formula is C12H15ClN2. The molecule has 15 heavy (non-hydrogen) atoms. The Hall–Kier alpha value is -1.20. The van der Waals surface area contributed by atoms with Crippen molar-refractivity contribution in [3.63, 3.8) is 0 Å². The molecule has 1 aromatic carbocycles. The highest BCUT2D eigenvalue weighted by atomic mass is 35.5. The first kappa shape index (κ1) is 11.9. The van der Waals surface area contributed by atoms with Crippen molar-refractivity contribution in [1.82, 2.24) is 0 Å².